The molecule has 98 valence electrons. The van der Waals surface area contributed by atoms with Crippen LogP contribution in [0.1, 0.15) is 53.1 Å². The van der Waals surface area contributed by atoms with Gasteiger partial charge in [0.25, 0.3) is 0 Å². The Bertz CT molecular complexity index is 595. The number of ketones is 1. The van der Waals surface area contributed by atoms with Crippen LogP contribution >= 0.6 is 0 Å². The van der Waals surface area contributed by atoms with Crippen molar-refractivity contribution in [3.8, 4) is 0 Å². The molecule has 0 bridgehead atoms. The van der Waals surface area contributed by atoms with Crippen LogP contribution in [-0.4, -0.2) is 5.78 Å². The highest BCUT2D eigenvalue weighted by Gasteiger charge is 2.28. The van der Waals surface area contributed by atoms with Gasteiger partial charge in [-0.1, -0.05) is 31.2 Å². The van der Waals surface area contributed by atoms with Crippen LogP contribution in [0, 0.1) is 0 Å². The molecule has 0 spiro atoms. The second-order valence-electron chi connectivity index (χ2n) is 5.13. The highest BCUT2D eigenvalue weighted by molar-refractivity contribution is 5.99. The average Bonchev–Trinajstić information content (AvgIpc) is 2.95. The smallest absolute Gasteiger partial charge is 0.205 e. The number of furan rings is 1. The molecular weight excluding hydrogens is 236 g/mol. The third-order valence-electron chi connectivity index (χ3n) is 3.94. The standard InChI is InChI=1S/C17H18O2/c1-2-13-10-11-16(19-13)17(18)15-9-5-7-12-6-3-4-8-14(12)15/h3-4,6,8,10-11,15H,2,5,7,9H2,1H3. The molecule has 1 heterocycles. The fourth-order valence-corrected chi connectivity index (χ4v) is 2.90. The normalized spacial score (nSPS) is 18.1. The molecule has 1 atom stereocenters. The molecule has 1 aromatic heterocycles. The van der Waals surface area contributed by atoms with Gasteiger partial charge in [0.15, 0.2) is 5.76 Å². The summed E-state index contributed by atoms with van der Waals surface area (Å²) in [6.07, 6.45) is 3.92. The fraction of sp³-hybridized carbons (Fsp3) is 0.353. The number of hydrogen-bond donors (Lipinski definition) is 0. The zero-order valence-electron chi connectivity index (χ0n) is 11.2. The fourth-order valence-electron chi connectivity index (χ4n) is 2.90. The van der Waals surface area contributed by atoms with Gasteiger partial charge in [-0.2, -0.15) is 0 Å². The zero-order chi connectivity index (χ0) is 13.2. The minimum absolute atomic E-state index is 0.0270. The van der Waals surface area contributed by atoms with E-state index in [4.69, 9.17) is 4.42 Å². The van der Waals surface area contributed by atoms with Gasteiger partial charge in [-0.25, -0.2) is 0 Å². The molecule has 0 radical (unpaired) electrons. The topological polar surface area (TPSA) is 30.2 Å². The SMILES string of the molecule is CCc1ccc(C(=O)C2CCCc3ccccc32)o1. The molecule has 0 saturated heterocycles. The Kier molecular flexibility index (Phi) is 3.24. The van der Waals surface area contributed by atoms with Crippen LogP contribution in [0.4, 0.5) is 0 Å². The van der Waals surface area contributed by atoms with Gasteiger partial charge in [0.05, 0.1) is 5.92 Å². The van der Waals surface area contributed by atoms with Crippen LogP contribution in [0.5, 0.6) is 0 Å². The Balaban J connectivity index is 1.93. The first-order valence-corrected chi connectivity index (χ1v) is 7.00. The minimum atomic E-state index is -0.0270. The Morgan fingerprint density at radius 3 is 2.89 bits per heavy atom. The van der Waals surface area contributed by atoms with Gasteiger partial charge in [-0.05, 0) is 42.5 Å². The quantitative estimate of drug-likeness (QED) is 0.770. The minimum Gasteiger partial charge on any atom is -0.458 e. The van der Waals surface area contributed by atoms with Gasteiger partial charge >= 0.3 is 0 Å². The number of carbonyl (C=O) groups excluding carboxylic acids is 1. The van der Waals surface area contributed by atoms with Crippen LogP contribution in [0.3, 0.4) is 0 Å². The maximum absolute atomic E-state index is 12.6. The van der Waals surface area contributed by atoms with E-state index in [1.165, 1.54) is 11.1 Å². The molecule has 0 aliphatic heterocycles. The van der Waals surface area contributed by atoms with E-state index in [1.807, 2.05) is 31.2 Å². The molecular formula is C17H18O2. The van der Waals surface area contributed by atoms with Crippen molar-refractivity contribution in [1.29, 1.82) is 0 Å². The van der Waals surface area contributed by atoms with E-state index in [2.05, 4.69) is 12.1 Å². The maximum atomic E-state index is 12.6. The molecule has 2 heteroatoms. The van der Waals surface area contributed by atoms with Gasteiger partial charge in [0, 0.05) is 6.42 Å². The van der Waals surface area contributed by atoms with Crippen molar-refractivity contribution in [2.24, 2.45) is 0 Å². The third kappa shape index (κ3) is 2.23. The Morgan fingerprint density at radius 2 is 2.11 bits per heavy atom. The molecule has 0 saturated carbocycles. The second-order valence-corrected chi connectivity index (χ2v) is 5.13. The van der Waals surface area contributed by atoms with Crippen LogP contribution in [0.25, 0.3) is 0 Å². The van der Waals surface area contributed by atoms with Gasteiger partial charge in [-0.15, -0.1) is 0 Å². The summed E-state index contributed by atoms with van der Waals surface area (Å²) in [6.45, 7) is 2.03. The molecule has 0 N–H and O–H groups in total. The Labute approximate surface area is 113 Å². The van der Waals surface area contributed by atoms with Crippen molar-refractivity contribution in [2.45, 2.75) is 38.5 Å². The van der Waals surface area contributed by atoms with Crippen LogP contribution in [-0.2, 0) is 12.8 Å². The van der Waals surface area contributed by atoms with Crippen molar-refractivity contribution in [3.63, 3.8) is 0 Å². The maximum Gasteiger partial charge on any atom is 0.205 e. The first-order chi connectivity index (χ1) is 9.29. The molecule has 0 fully saturated rings. The molecule has 2 aromatic rings. The number of carbonyl (C=O) groups is 1. The number of hydrogen-bond acceptors (Lipinski definition) is 2. The molecule has 3 rings (SSSR count). The van der Waals surface area contributed by atoms with E-state index >= 15 is 0 Å². The lowest BCUT2D eigenvalue weighted by Gasteiger charge is -2.23. The average molecular weight is 254 g/mol. The molecule has 1 aromatic carbocycles. The lowest BCUT2D eigenvalue weighted by atomic mass is 9.80. The number of aryl methyl sites for hydroxylation is 2. The summed E-state index contributed by atoms with van der Waals surface area (Å²) in [5.41, 5.74) is 2.50. The Hall–Kier alpha value is -1.83. The van der Waals surface area contributed by atoms with Crippen molar-refractivity contribution in [3.05, 3.63) is 59.0 Å². The van der Waals surface area contributed by atoms with E-state index in [9.17, 15) is 4.79 Å². The summed E-state index contributed by atoms with van der Waals surface area (Å²) in [6, 6.07) is 12.0. The zero-order valence-corrected chi connectivity index (χ0v) is 11.2. The number of Topliss-reactive ketones (excluding diaryl/α,β-unsaturated/α-hetero) is 1. The van der Waals surface area contributed by atoms with E-state index in [1.54, 1.807) is 0 Å². The molecule has 2 nitrogen and oxygen atoms in total. The van der Waals surface area contributed by atoms with Gasteiger partial charge in [-0.3, -0.25) is 4.79 Å². The second kappa shape index (κ2) is 5.04. The first kappa shape index (κ1) is 12.2. The number of fused-ring (bicyclic) bond motifs is 1. The summed E-state index contributed by atoms with van der Waals surface area (Å²) in [5.74, 6) is 1.50. The van der Waals surface area contributed by atoms with Crippen molar-refractivity contribution < 1.29 is 9.21 Å². The molecule has 1 unspecified atom stereocenters. The molecule has 0 amide bonds. The third-order valence-corrected chi connectivity index (χ3v) is 3.94. The van der Waals surface area contributed by atoms with Gasteiger partial charge in [0.1, 0.15) is 5.76 Å². The summed E-state index contributed by atoms with van der Waals surface area (Å²) in [4.78, 5) is 12.6. The van der Waals surface area contributed by atoms with E-state index < -0.39 is 0 Å². The lowest BCUT2D eigenvalue weighted by Crippen LogP contribution is -2.18. The van der Waals surface area contributed by atoms with Crippen molar-refractivity contribution in [2.75, 3.05) is 0 Å². The van der Waals surface area contributed by atoms with Crippen LogP contribution in [0.15, 0.2) is 40.8 Å². The molecule has 19 heavy (non-hydrogen) atoms. The first-order valence-electron chi connectivity index (χ1n) is 7.00. The predicted molar refractivity (Wildman–Crippen MR) is 74.5 cm³/mol. The van der Waals surface area contributed by atoms with E-state index in [-0.39, 0.29) is 11.7 Å². The van der Waals surface area contributed by atoms with E-state index in [0.717, 1.165) is 31.4 Å². The Morgan fingerprint density at radius 1 is 1.26 bits per heavy atom. The van der Waals surface area contributed by atoms with Crippen LogP contribution < -0.4 is 0 Å². The number of benzene rings is 1. The molecule has 1 aliphatic carbocycles. The van der Waals surface area contributed by atoms with Gasteiger partial charge in [0.2, 0.25) is 5.78 Å². The molecule has 1 aliphatic rings. The predicted octanol–water partition coefficient (Wildman–Crippen LogP) is 4.14. The number of rotatable bonds is 3. The van der Waals surface area contributed by atoms with E-state index in [0.29, 0.717) is 5.76 Å². The highest BCUT2D eigenvalue weighted by atomic mass is 16.3. The van der Waals surface area contributed by atoms with Crippen LogP contribution in [0.2, 0.25) is 0 Å². The summed E-state index contributed by atoms with van der Waals surface area (Å²) in [5, 5.41) is 0. The summed E-state index contributed by atoms with van der Waals surface area (Å²) < 4.78 is 5.61. The lowest BCUT2D eigenvalue weighted by molar-refractivity contribution is 0.0921. The van der Waals surface area contributed by atoms with Gasteiger partial charge < -0.3 is 4.42 Å². The largest absolute Gasteiger partial charge is 0.458 e. The summed E-state index contributed by atoms with van der Waals surface area (Å²) in [7, 11) is 0. The van der Waals surface area contributed by atoms with Crippen molar-refractivity contribution in [1.82, 2.24) is 0 Å². The highest BCUT2D eigenvalue weighted by Crippen LogP contribution is 2.34. The monoisotopic (exact) mass is 254 g/mol. The van der Waals surface area contributed by atoms with Crippen molar-refractivity contribution >= 4 is 5.78 Å². The summed E-state index contributed by atoms with van der Waals surface area (Å²) >= 11 is 0.